The Morgan fingerprint density at radius 1 is 0.627 bits per heavy atom. The van der Waals surface area contributed by atoms with Crippen LogP contribution in [0.25, 0.3) is 77.5 Å². The molecule has 1 aliphatic rings. The zero-order chi connectivity index (χ0) is 33.4. The Labute approximate surface area is 310 Å². The van der Waals surface area contributed by atoms with E-state index in [0.29, 0.717) is 5.92 Å². The van der Waals surface area contributed by atoms with E-state index in [0.717, 1.165) is 61.2 Å². The fourth-order valence-electron chi connectivity index (χ4n) is 7.56. The minimum atomic E-state index is 0. The fourth-order valence-corrected chi connectivity index (χ4v) is 7.56. The maximum atomic E-state index is 6.70. The number of furan rings is 2. The molecule has 0 saturated heterocycles. The van der Waals surface area contributed by atoms with Gasteiger partial charge in [0.1, 0.15) is 22.3 Å². The molecule has 5 aromatic carbocycles. The number of rotatable bonds is 4. The largest absolute Gasteiger partial charge is 0.455 e. The molecule has 4 nitrogen and oxygen atoms in total. The molecule has 251 valence electrons. The van der Waals surface area contributed by atoms with Crippen molar-refractivity contribution < 1.29 is 28.9 Å². The van der Waals surface area contributed by atoms with Crippen molar-refractivity contribution in [1.29, 1.82) is 0 Å². The molecule has 5 heteroatoms. The minimum Gasteiger partial charge on any atom is -0.455 e. The Morgan fingerprint density at radius 3 is 1.90 bits per heavy atom. The first kappa shape index (κ1) is 32.8. The molecule has 10 rings (SSSR count). The molecule has 4 aromatic heterocycles. The summed E-state index contributed by atoms with van der Waals surface area (Å²) in [6.45, 7) is 2.03. The van der Waals surface area contributed by atoms with Gasteiger partial charge in [-0.15, -0.1) is 71.8 Å². The van der Waals surface area contributed by atoms with Crippen LogP contribution in [0.3, 0.4) is 0 Å². The van der Waals surface area contributed by atoms with Crippen LogP contribution in [-0.2, 0) is 20.1 Å². The summed E-state index contributed by atoms with van der Waals surface area (Å²) >= 11 is 0. The van der Waals surface area contributed by atoms with E-state index in [2.05, 4.69) is 83.8 Å². The standard InChI is InChI=1S/C34H24NO2.C12H10N.Ir/c1-2-10-21(11-3-1)26-20-23(18-19-35-26)30-29(22-12-4-5-13-22)31-24-14-6-8-16-27(24)37-34(31)32-25-15-7-9-17-28(25)36-33(30)32;1-10-7-8-12(13-9-10)11-5-3-2-4-6-11;/h1-3,6-10,14-20,22H,4-5,12-13H2;2-5,7-9H,1H3;/q2*-1;. The van der Waals surface area contributed by atoms with Crippen molar-refractivity contribution in [2.75, 3.05) is 0 Å². The summed E-state index contributed by atoms with van der Waals surface area (Å²) in [5, 5.41) is 4.56. The third-order valence-electron chi connectivity index (χ3n) is 9.88. The molecule has 0 bridgehead atoms. The topological polar surface area (TPSA) is 52.1 Å². The number of nitrogens with zero attached hydrogens (tertiary/aromatic N) is 2. The van der Waals surface area contributed by atoms with Crippen LogP contribution in [0.2, 0.25) is 0 Å². The Balaban J connectivity index is 0.000000226. The smallest absolute Gasteiger partial charge is 0.147 e. The maximum Gasteiger partial charge on any atom is 0.147 e. The third kappa shape index (κ3) is 6.07. The van der Waals surface area contributed by atoms with Crippen LogP contribution in [0, 0.1) is 19.1 Å². The van der Waals surface area contributed by atoms with E-state index < -0.39 is 0 Å². The van der Waals surface area contributed by atoms with Gasteiger partial charge in [-0.25, -0.2) is 0 Å². The summed E-state index contributed by atoms with van der Waals surface area (Å²) in [7, 11) is 0. The summed E-state index contributed by atoms with van der Waals surface area (Å²) in [5.41, 5.74) is 12.4. The molecule has 0 spiro atoms. The minimum absolute atomic E-state index is 0. The predicted molar refractivity (Wildman–Crippen MR) is 203 cm³/mol. The maximum absolute atomic E-state index is 6.70. The van der Waals surface area contributed by atoms with E-state index in [1.54, 1.807) is 0 Å². The molecule has 0 atom stereocenters. The van der Waals surface area contributed by atoms with Crippen molar-refractivity contribution in [1.82, 2.24) is 9.97 Å². The molecule has 51 heavy (non-hydrogen) atoms. The number of hydrogen-bond acceptors (Lipinski definition) is 4. The van der Waals surface area contributed by atoms with Gasteiger partial charge in [0, 0.05) is 54.2 Å². The second kappa shape index (κ2) is 14.1. The van der Waals surface area contributed by atoms with Crippen molar-refractivity contribution in [3.05, 3.63) is 157 Å². The van der Waals surface area contributed by atoms with Gasteiger partial charge in [0.2, 0.25) is 0 Å². The van der Waals surface area contributed by atoms with Crippen LogP contribution < -0.4 is 0 Å². The molecule has 1 aliphatic carbocycles. The first-order chi connectivity index (χ1) is 24.7. The van der Waals surface area contributed by atoms with Crippen molar-refractivity contribution >= 4 is 43.9 Å². The normalized spacial score (nSPS) is 13.0. The monoisotopic (exact) mass is 839 g/mol. The van der Waals surface area contributed by atoms with Gasteiger partial charge in [-0.3, -0.25) is 0 Å². The predicted octanol–water partition coefficient (Wildman–Crippen LogP) is 12.5. The van der Waals surface area contributed by atoms with Gasteiger partial charge in [-0.05, 0) is 72.0 Å². The molecular weight excluding hydrogens is 805 g/mol. The Hall–Kier alpha value is -5.35. The summed E-state index contributed by atoms with van der Waals surface area (Å²) in [5.74, 6) is 0.455. The number of pyridine rings is 2. The number of aromatic nitrogens is 2. The van der Waals surface area contributed by atoms with Crippen LogP contribution in [-0.4, -0.2) is 9.97 Å². The van der Waals surface area contributed by atoms with E-state index in [4.69, 9.17) is 13.8 Å². The SMILES string of the molecule is Cc1ccc(-c2[c-]cccc2)nc1.[Ir].[c-]1ccccc1-c1cc(-c2c(C3CCCC3)c3c4ccccc4oc3c3c2oc2ccccc23)ccn1. The van der Waals surface area contributed by atoms with Gasteiger partial charge in [-0.1, -0.05) is 67.4 Å². The second-order valence-electron chi connectivity index (χ2n) is 13.1. The van der Waals surface area contributed by atoms with Crippen molar-refractivity contribution in [3.63, 3.8) is 0 Å². The number of aryl methyl sites for hydroxylation is 1. The summed E-state index contributed by atoms with van der Waals surface area (Å²) in [6, 6.07) is 47.5. The molecular formula is C46H34IrN2O2-2. The average molecular weight is 839 g/mol. The first-order valence-electron chi connectivity index (χ1n) is 17.3. The summed E-state index contributed by atoms with van der Waals surface area (Å²) in [6.07, 6.45) is 8.64. The molecule has 1 saturated carbocycles. The van der Waals surface area contributed by atoms with Crippen molar-refractivity contribution in [2.24, 2.45) is 0 Å². The fraction of sp³-hybridized carbons (Fsp3) is 0.130. The van der Waals surface area contributed by atoms with Crippen LogP contribution >= 0.6 is 0 Å². The third-order valence-corrected chi connectivity index (χ3v) is 9.88. The zero-order valence-electron chi connectivity index (χ0n) is 28.2. The van der Waals surface area contributed by atoms with E-state index >= 15 is 0 Å². The van der Waals surface area contributed by atoms with Gasteiger partial charge < -0.3 is 18.8 Å². The van der Waals surface area contributed by atoms with E-state index in [1.165, 1.54) is 53.1 Å². The van der Waals surface area contributed by atoms with Crippen molar-refractivity contribution in [2.45, 2.75) is 38.5 Å². The molecule has 1 radical (unpaired) electrons. The second-order valence-corrected chi connectivity index (χ2v) is 13.1. The molecule has 0 N–H and O–H groups in total. The molecule has 1 fully saturated rings. The molecule has 9 aromatic rings. The zero-order valence-corrected chi connectivity index (χ0v) is 30.5. The Kier molecular flexibility index (Phi) is 9.08. The number of hydrogen-bond donors (Lipinski definition) is 0. The van der Waals surface area contributed by atoms with Gasteiger partial charge in [0.25, 0.3) is 0 Å². The van der Waals surface area contributed by atoms with Gasteiger partial charge in [-0.2, -0.15) is 0 Å². The Morgan fingerprint density at radius 2 is 1.25 bits per heavy atom. The van der Waals surface area contributed by atoms with Gasteiger partial charge >= 0.3 is 0 Å². The van der Waals surface area contributed by atoms with Crippen LogP contribution in [0.5, 0.6) is 0 Å². The van der Waals surface area contributed by atoms with E-state index in [1.807, 2.05) is 73.9 Å². The quantitative estimate of drug-likeness (QED) is 0.166. The molecule has 0 aliphatic heterocycles. The first-order valence-corrected chi connectivity index (χ1v) is 17.3. The number of fused-ring (bicyclic) bond motifs is 7. The van der Waals surface area contributed by atoms with Gasteiger partial charge in [0.15, 0.2) is 0 Å². The van der Waals surface area contributed by atoms with Crippen LogP contribution in [0.4, 0.5) is 0 Å². The summed E-state index contributed by atoms with van der Waals surface area (Å²) in [4.78, 5) is 9.02. The molecule has 0 amide bonds. The summed E-state index contributed by atoms with van der Waals surface area (Å²) < 4.78 is 13.3. The molecule has 0 unspecified atom stereocenters. The van der Waals surface area contributed by atoms with Crippen LogP contribution in [0.1, 0.15) is 42.7 Å². The van der Waals surface area contributed by atoms with E-state index in [-0.39, 0.29) is 20.1 Å². The average Bonchev–Trinajstić information content (AvgIpc) is 3.94. The van der Waals surface area contributed by atoms with Gasteiger partial charge in [0.05, 0.1) is 5.39 Å². The molecule has 4 heterocycles. The number of para-hydroxylation sites is 2. The number of benzene rings is 5. The van der Waals surface area contributed by atoms with E-state index in [9.17, 15) is 0 Å². The Bertz CT molecular complexity index is 2600. The van der Waals surface area contributed by atoms with Crippen LogP contribution in [0.15, 0.2) is 143 Å². The van der Waals surface area contributed by atoms with Crippen molar-refractivity contribution in [3.8, 4) is 33.6 Å².